The number of hydrogen-bond acceptors (Lipinski definition) is 7. The maximum Gasteiger partial charge on any atom is 0.231 e. The summed E-state index contributed by atoms with van der Waals surface area (Å²) in [6.07, 6.45) is 2.46. The summed E-state index contributed by atoms with van der Waals surface area (Å²) < 4.78 is 17.0. The lowest BCUT2D eigenvalue weighted by atomic mass is 10.0. The lowest BCUT2D eigenvalue weighted by molar-refractivity contribution is 0.240. The fraction of sp³-hybridized carbons (Fsp3) is 0.440. The zero-order chi connectivity index (χ0) is 22.5. The molecule has 32 heavy (non-hydrogen) atoms. The summed E-state index contributed by atoms with van der Waals surface area (Å²) in [5, 5.41) is 17.1. The van der Waals surface area contributed by atoms with Crippen LogP contribution in [-0.4, -0.2) is 41.1 Å². The lowest BCUT2D eigenvalue weighted by Crippen LogP contribution is -2.32. The first-order valence-corrected chi connectivity index (χ1v) is 11.3. The monoisotopic (exact) mass is 437 g/mol. The van der Waals surface area contributed by atoms with Crippen molar-refractivity contribution in [2.24, 2.45) is 0 Å². The highest BCUT2D eigenvalue weighted by molar-refractivity contribution is 5.63. The van der Waals surface area contributed by atoms with Gasteiger partial charge >= 0.3 is 0 Å². The van der Waals surface area contributed by atoms with Crippen molar-refractivity contribution < 1.29 is 19.1 Å². The van der Waals surface area contributed by atoms with Crippen molar-refractivity contribution in [1.29, 1.82) is 0 Å². The quantitative estimate of drug-likeness (QED) is 0.494. The second-order valence-corrected chi connectivity index (χ2v) is 8.05. The molecule has 0 amide bonds. The van der Waals surface area contributed by atoms with E-state index >= 15 is 0 Å². The van der Waals surface area contributed by atoms with Crippen LogP contribution in [0.2, 0.25) is 0 Å². The Labute approximate surface area is 188 Å². The molecule has 1 unspecified atom stereocenters. The normalized spacial score (nSPS) is 16.1. The highest BCUT2D eigenvalue weighted by atomic mass is 16.5. The highest BCUT2D eigenvalue weighted by Gasteiger charge is 2.27. The molecule has 2 aromatic carbocycles. The summed E-state index contributed by atoms with van der Waals surface area (Å²) in [5.74, 6) is 2.64. The van der Waals surface area contributed by atoms with E-state index in [9.17, 15) is 5.11 Å². The SMILES string of the molecule is CCOc1ccc(Cc2nc(-c3cccc4c3CCC4N[C@H](C)CO)no2)cc1OCC. The molecule has 7 heteroatoms. The average molecular weight is 438 g/mol. The van der Waals surface area contributed by atoms with Crippen molar-refractivity contribution >= 4 is 0 Å². The van der Waals surface area contributed by atoms with Gasteiger partial charge in [-0.2, -0.15) is 4.98 Å². The van der Waals surface area contributed by atoms with Gasteiger partial charge in [-0.15, -0.1) is 0 Å². The Morgan fingerprint density at radius 2 is 1.97 bits per heavy atom. The molecule has 0 fully saturated rings. The van der Waals surface area contributed by atoms with Crippen LogP contribution in [0.15, 0.2) is 40.9 Å². The van der Waals surface area contributed by atoms with Crippen molar-refractivity contribution in [2.75, 3.05) is 19.8 Å². The van der Waals surface area contributed by atoms with Gasteiger partial charge in [-0.1, -0.05) is 29.4 Å². The zero-order valence-electron chi connectivity index (χ0n) is 18.9. The fourth-order valence-electron chi connectivity index (χ4n) is 4.25. The standard InChI is InChI=1S/C25H31N3O4/c1-4-30-22-12-9-17(13-23(22)31-5-2)14-24-27-25(28-32-24)20-8-6-7-19-18(20)10-11-21(19)26-16(3)15-29/h6-9,12-13,16,21,26,29H,4-5,10-11,14-15H2,1-3H3/t16-,21?/m1/s1. The zero-order valence-corrected chi connectivity index (χ0v) is 18.9. The second kappa shape index (κ2) is 10.1. The molecule has 3 aromatic rings. The largest absolute Gasteiger partial charge is 0.490 e. The van der Waals surface area contributed by atoms with Crippen LogP contribution in [0, 0.1) is 0 Å². The van der Waals surface area contributed by atoms with Crippen LogP contribution >= 0.6 is 0 Å². The number of aromatic nitrogens is 2. The third-order valence-corrected chi connectivity index (χ3v) is 5.70. The van der Waals surface area contributed by atoms with Crippen LogP contribution in [-0.2, 0) is 12.8 Å². The fourth-order valence-corrected chi connectivity index (χ4v) is 4.25. The van der Waals surface area contributed by atoms with Gasteiger partial charge in [-0.3, -0.25) is 0 Å². The summed E-state index contributed by atoms with van der Waals surface area (Å²) in [6, 6.07) is 12.4. The number of ether oxygens (including phenoxy) is 2. The predicted molar refractivity (Wildman–Crippen MR) is 122 cm³/mol. The first-order valence-electron chi connectivity index (χ1n) is 11.3. The first kappa shape index (κ1) is 22.3. The third-order valence-electron chi connectivity index (χ3n) is 5.70. The maximum absolute atomic E-state index is 9.38. The molecule has 2 atom stereocenters. The number of nitrogens with one attached hydrogen (secondary N) is 1. The van der Waals surface area contributed by atoms with Gasteiger partial charge in [0, 0.05) is 17.6 Å². The van der Waals surface area contributed by atoms with Crippen molar-refractivity contribution in [3.05, 3.63) is 59.0 Å². The molecule has 0 spiro atoms. The highest BCUT2D eigenvalue weighted by Crippen LogP contribution is 2.37. The van der Waals surface area contributed by atoms with Crippen molar-refractivity contribution in [1.82, 2.24) is 15.5 Å². The number of nitrogens with zero attached hydrogens (tertiary/aromatic N) is 2. The number of fused-ring (bicyclic) bond motifs is 1. The van der Waals surface area contributed by atoms with Crippen LogP contribution in [0.1, 0.15) is 55.8 Å². The lowest BCUT2D eigenvalue weighted by Gasteiger charge is -2.18. The van der Waals surface area contributed by atoms with Gasteiger partial charge in [-0.05, 0) is 62.4 Å². The van der Waals surface area contributed by atoms with Gasteiger partial charge in [0.15, 0.2) is 11.5 Å². The molecule has 0 bridgehead atoms. The van der Waals surface area contributed by atoms with E-state index < -0.39 is 0 Å². The van der Waals surface area contributed by atoms with Crippen LogP contribution < -0.4 is 14.8 Å². The Morgan fingerprint density at radius 1 is 1.16 bits per heavy atom. The Kier molecular flexibility index (Phi) is 7.07. The molecule has 1 aliphatic rings. The molecule has 2 N–H and O–H groups in total. The number of aliphatic hydroxyl groups excluding tert-OH is 1. The topological polar surface area (TPSA) is 89.6 Å². The Balaban J connectivity index is 1.54. The summed E-state index contributed by atoms with van der Waals surface area (Å²) in [4.78, 5) is 4.68. The predicted octanol–water partition coefficient (Wildman–Crippen LogP) is 4.08. The molecule has 0 saturated heterocycles. The molecular formula is C25H31N3O4. The van der Waals surface area contributed by atoms with E-state index in [1.165, 1.54) is 11.1 Å². The molecule has 1 aromatic heterocycles. The summed E-state index contributed by atoms with van der Waals surface area (Å²) >= 11 is 0. The van der Waals surface area contributed by atoms with E-state index in [1.807, 2.05) is 45.0 Å². The number of benzene rings is 2. The van der Waals surface area contributed by atoms with Gasteiger partial charge < -0.3 is 24.4 Å². The van der Waals surface area contributed by atoms with Gasteiger partial charge in [-0.25, -0.2) is 0 Å². The van der Waals surface area contributed by atoms with Crippen LogP contribution in [0.25, 0.3) is 11.4 Å². The number of rotatable bonds is 10. The van der Waals surface area contributed by atoms with E-state index in [0.717, 1.165) is 35.5 Å². The van der Waals surface area contributed by atoms with Crippen LogP contribution in [0.3, 0.4) is 0 Å². The molecule has 170 valence electrons. The van der Waals surface area contributed by atoms with Crippen molar-refractivity contribution in [3.8, 4) is 22.9 Å². The van der Waals surface area contributed by atoms with Crippen LogP contribution in [0.5, 0.6) is 11.5 Å². The minimum Gasteiger partial charge on any atom is -0.490 e. The van der Waals surface area contributed by atoms with E-state index in [1.54, 1.807) is 0 Å². The molecule has 0 saturated carbocycles. The molecule has 1 aliphatic carbocycles. The first-order chi connectivity index (χ1) is 15.6. The third kappa shape index (κ3) is 4.79. The molecule has 1 heterocycles. The van der Waals surface area contributed by atoms with Gasteiger partial charge in [0.2, 0.25) is 11.7 Å². The Bertz CT molecular complexity index is 1050. The van der Waals surface area contributed by atoms with E-state index in [0.29, 0.717) is 31.3 Å². The summed E-state index contributed by atoms with van der Waals surface area (Å²) in [5.41, 5.74) is 4.54. The Hall–Kier alpha value is -2.90. The summed E-state index contributed by atoms with van der Waals surface area (Å²) in [6.45, 7) is 7.18. The molecule has 0 radical (unpaired) electrons. The molecule has 7 nitrogen and oxygen atoms in total. The number of hydrogen-bond donors (Lipinski definition) is 2. The molecular weight excluding hydrogens is 406 g/mol. The molecule has 0 aliphatic heterocycles. The van der Waals surface area contributed by atoms with E-state index in [-0.39, 0.29) is 18.7 Å². The van der Waals surface area contributed by atoms with Crippen molar-refractivity contribution in [3.63, 3.8) is 0 Å². The van der Waals surface area contributed by atoms with Crippen LogP contribution in [0.4, 0.5) is 0 Å². The number of aliphatic hydroxyl groups is 1. The van der Waals surface area contributed by atoms with Gasteiger partial charge in [0.25, 0.3) is 0 Å². The minimum atomic E-state index is 0.0575. The second-order valence-electron chi connectivity index (χ2n) is 8.05. The van der Waals surface area contributed by atoms with Gasteiger partial charge in [0.05, 0.1) is 26.2 Å². The Morgan fingerprint density at radius 3 is 2.75 bits per heavy atom. The molecule has 4 rings (SSSR count). The van der Waals surface area contributed by atoms with E-state index in [4.69, 9.17) is 14.0 Å². The maximum atomic E-state index is 9.38. The average Bonchev–Trinajstić information content (AvgIpc) is 3.43. The summed E-state index contributed by atoms with van der Waals surface area (Å²) in [7, 11) is 0. The minimum absolute atomic E-state index is 0.0575. The van der Waals surface area contributed by atoms with Gasteiger partial charge in [0.1, 0.15) is 0 Å². The van der Waals surface area contributed by atoms with Crippen molar-refractivity contribution in [2.45, 2.75) is 52.1 Å². The van der Waals surface area contributed by atoms with E-state index in [2.05, 4.69) is 27.6 Å². The smallest absolute Gasteiger partial charge is 0.231 e.